The number of carbonyl (C=O) groups is 1. The van der Waals surface area contributed by atoms with E-state index in [9.17, 15) is 10.1 Å². The third-order valence-corrected chi connectivity index (χ3v) is 7.61. The van der Waals surface area contributed by atoms with Gasteiger partial charge in [-0.25, -0.2) is 4.79 Å². The first-order valence-electron chi connectivity index (χ1n) is 9.95. The highest BCUT2D eigenvalue weighted by Gasteiger charge is 2.68. The van der Waals surface area contributed by atoms with Crippen LogP contribution in [0, 0.1) is 16.7 Å². The number of nitrogens with one attached hydrogen (secondary N) is 1. The van der Waals surface area contributed by atoms with Crippen molar-refractivity contribution >= 4 is 11.7 Å². The van der Waals surface area contributed by atoms with E-state index in [0.29, 0.717) is 0 Å². The van der Waals surface area contributed by atoms with E-state index in [2.05, 4.69) is 41.4 Å². The fourth-order valence-corrected chi connectivity index (χ4v) is 6.65. The van der Waals surface area contributed by atoms with Crippen LogP contribution in [0.15, 0.2) is 35.5 Å². The minimum Gasteiger partial charge on any atom is -0.466 e. The summed E-state index contributed by atoms with van der Waals surface area (Å²) in [6.07, 6.45) is 4.66. The first-order chi connectivity index (χ1) is 13.1. The minimum absolute atomic E-state index is 0.00993. The number of rotatable bonds is 2. The third kappa shape index (κ3) is 1.89. The maximum atomic E-state index is 12.8. The molecule has 1 aromatic carbocycles. The third-order valence-electron chi connectivity index (χ3n) is 7.61. The van der Waals surface area contributed by atoms with Crippen molar-refractivity contribution in [3.05, 3.63) is 41.1 Å². The highest BCUT2D eigenvalue weighted by molar-refractivity contribution is 5.93. The molecule has 1 spiro atoms. The number of benzene rings is 1. The highest BCUT2D eigenvalue weighted by atomic mass is 16.5. The maximum absolute atomic E-state index is 12.8. The number of nitriles is 1. The monoisotopic (exact) mass is 363 g/mol. The molecule has 5 nitrogen and oxygen atoms in total. The van der Waals surface area contributed by atoms with Crippen LogP contribution < -0.4 is 5.32 Å². The molecule has 2 fully saturated rings. The number of fused-ring (bicyclic) bond motifs is 1. The molecule has 1 aromatic rings. The van der Waals surface area contributed by atoms with Gasteiger partial charge in [0.05, 0.1) is 30.2 Å². The lowest BCUT2D eigenvalue weighted by molar-refractivity contribution is -0.137. The van der Waals surface area contributed by atoms with Crippen molar-refractivity contribution in [1.29, 1.82) is 5.26 Å². The predicted octanol–water partition coefficient (Wildman–Crippen LogP) is 3.34. The molecule has 2 saturated heterocycles. The lowest BCUT2D eigenvalue weighted by Crippen LogP contribution is -2.60. The van der Waals surface area contributed by atoms with Crippen LogP contribution in [0.25, 0.3) is 0 Å². The molecule has 0 bridgehead atoms. The van der Waals surface area contributed by atoms with Crippen molar-refractivity contribution in [3.8, 4) is 6.07 Å². The lowest BCUT2D eigenvalue weighted by Gasteiger charge is -2.56. The molecule has 1 unspecified atom stereocenters. The van der Waals surface area contributed by atoms with Crippen molar-refractivity contribution in [2.75, 3.05) is 19.0 Å². The molecule has 1 aliphatic carbocycles. The molecule has 4 atom stereocenters. The quantitative estimate of drug-likeness (QED) is 0.817. The highest BCUT2D eigenvalue weighted by Crippen LogP contribution is 2.66. The molecular formula is C22H25N3O2. The van der Waals surface area contributed by atoms with Gasteiger partial charge < -0.3 is 10.1 Å². The standard InChI is InChI=1S/C22H25N3O2/c1-3-21-9-6-10-25-14(13-23)11-22(20(21)25)16-7-4-5-8-17(16)24-18(22)15(12-21)19(26)27-2/h4-5,7-8,14,20,24H,3,6,9-12H2,1-2H3/t14-,20?,21+,22+/m1/s1. The van der Waals surface area contributed by atoms with E-state index in [1.54, 1.807) is 0 Å². The first-order valence-corrected chi connectivity index (χ1v) is 9.95. The summed E-state index contributed by atoms with van der Waals surface area (Å²) in [6, 6.07) is 11.1. The average Bonchev–Trinajstić information content (AvgIpc) is 3.24. The van der Waals surface area contributed by atoms with Crippen LogP contribution in [-0.2, 0) is 14.9 Å². The molecule has 27 heavy (non-hydrogen) atoms. The van der Waals surface area contributed by atoms with Gasteiger partial charge >= 0.3 is 5.97 Å². The Kier molecular flexibility index (Phi) is 3.48. The Hall–Kier alpha value is -2.32. The first kappa shape index (κ1) is 16.8. The van der Waals surface area contributed by atoms with Crippen LogP contribution in [0.3, 0.4) is 0 Å². The van der Waals surface area contributed by atoms with Gasteiger partial charge in [0.15, 0.2) is 0 Å². The second kappa shape index (κ2) is 5.59. The van der Waals surface area contributed by atoms with Gasteiger partial charge in [-0.2, -0.15) is 5.26 Å². The number of hydrogen-bond acceptors (Lipinski definition) is 5. The van der Waals surface area contributed by atoms with E-state index in [4.69, 9.17) is 4.74 Å². The minimum atomic E-state index is -0.310. The summed E-state index contributed by atoms with van der Waals surface area (Å²) in [5.41, 5.74) is 3.80. The van der Waals surface area contributed by atoms with Gasteiger partial charge in [0.25, 0.3) is 0 Å². The van der Waals surface area contributed by atoms with Crippen molar-refractivity contribution in [1.82, 2.24) is 4.90 Å². The van der Waals surface area contributed by atoms with Crippen molar-refractivity contribution in [2.24, 2.45) is 5.41 Å². The SMILES string of the molecule is CC[C@@]12CCCN3C1[C@]1(C[C@@H]3C#N)C(=C(C(=O)OC)C2)Nc2ccccc21. The zero-order valence-corrected chi connectivity index (χ0v) is 15.9. The Morgan fingerprint density at radius 2 is 2.26 bits per heavy atom. The maximum Gasteiger partial charge on any atom is 0.335 e. The smallest absolute Gasteiger partial charge is 0.335 e. The van der Waals surface area contributed by atoms with E-state index in [1.807, 2.05) is 6.07 Å². The largest absolute Gasteiger partial charge is 0.466 e. The summed E-state index contributed by atoms with van der Waals surface area (Å²) in [6.45, 7) is 3.21. The summed E-state index contributed by atoms with van der Waals surface area (Å²) in [4.78, 5) is 15.3. The van der Waals surface area contributed by atoms with Gasteiger partial charge in [-0.05, 0) is 55.7 Å². The van der Waals surface area contributed by atoms with Crippen LogP contribution in [0.4, 0.5) is 5.69 Å². The molecule has 4 aliphatic rings. The fourth-order valence-electron chi connectivity index (χ4n) is 6.65. The Balaban J connectivity index is 1.84. The van der Waals surface area contributed by atoms with Crippen LogP contribution in [0.2, 0.25) is 0 Å². The normalized spacial score (nSPS) is 36.3. The number of piperidine rings is 1. The van der Waals surface area contributed by atoms with E-state index in [-0.39, 0.29) is 28.9 Å². The molecule has 0 aromatic heterocycles. The Morgan fingerprint density at radius 3 is 3.00 bits per heavy atom. The second-order valence-corrected chi connectivity index (χ2v) is 8.47. The molecular weight excluding hydrogens is 338 g/mol. The number of para-hydroxylation sites is 1. The molecule has 0 amide bonds. The van der Waals surface area contributed by atoms with E-state index in [1.165, 1.54) is 12.7 Å². The number of ether oxygens (including phenoxy) is 1. The average molecular weight is 363 g/mol. The molecule has 3 aliphatic heterocycles. The van der Waals surface area contributed by atoms with Gasteiger partial charge in [-0.3, -0.25) is 4.90 Å². The summed E-state index contributed by atoms with van der Waals surface area (Å²) < 4.78 is 5.21. The van der Waals surface area contributed by atoms with Gasteiger partial charge in [-0.15, -0.1) is 0 Å². The number of carbonyl (C=O) groups excluding carboxylic acids is 1. The van der Waals surface area contributed by atoms with Crippen LogP contribution in [0.5, 0.6) is 0 Å². The molecule has 3 heterocycles. The molecule has 5 rings (SSSR count). The summed E-state index contributed by atoms with van der Waals surface area (Å²) in [7, 11) is 1.47. The molecule has 1 N–H and O–H groups in total. The number of methoxy groups -OCH3 is 1. The number of esters is 1. The fraction of sp³-hybridized carbons (Fsp3) is 0.545. The summed E-state index contributed by atoms with van der Waals surface area (Å²) in [5, 5.41) is 13.5. The van der Waals surface area contributed by atoms with Gasteiger partial charge in [-0.1, -0.05) is 25.1 Å². The zero-order valence-electron chi connectivity index (χ0n) is 15.9. The summed E-state index contributed by atoms with van der Waals surface area (Å²) >= 11 is 0. The molecule has 0 saturated carbocycles. The topological polar surface area (TPSA) is 65.4 Å². The van der Waals surface area contributed by atoms with Gasteiger partial charge in [0.1, 0.15) is 0 Å². The van der Waals surface area contributed by atoms with Crippen LogP contribution in [0.1, 0.15) is 44.6 Å². The van der Waals surface area contributed by atoms with Crippen molar-refractivity contribution in [3.63, 3.8) is 0 Å². The van der Waals surface area contributed by atoms with E-state index < -0.39 is 0 Å². The van der Waals surface area contributed by atoms with E-state index in [0.717, 1.165) is 55.6 Å². The molecule has 0 radical (unpaired) electrons. The molecule has 5 heteroatoms. The van der Waals surface area contributed by atoms with Crippen molar-refractivity contribution in [2.45, 2.75) is 56.5 Å². The second-order valence-electron chi connectivity index (χ2n) is 8.47. The van der Waals surface area contributed by atoms with Gasteiger partial charge in [0, 0.05) is 17.4 Å². The Morgan fingerprint density at radius 1 is 1.44 bits per heavy atom. The van der Waals surface area contributed by atoms with Gasteiger partial charge in [0.2, 0.25) is 0 Å². The number of nitrogens with zero attached hydrogens (tertiary/aromatic N) is 2. The van der Waals surface area contributed by atoms with Crippen LogP contribution in [-0.4, -0.2) is 36.6 Å². The number of hydrogen-bond donors (Lipinski definition) is 1. The van der Waals surface area contributed by atoms with E-state index >= 15 is 0 Å². The number of anilines is 1. The van der Waals surface area contributed by atoms with Crippen molar-refractivity contribution < 1.29 is 9.53 Å². The Bertz CT molecular complexity index is 901. The van der Waals surface area contributed by atoms with Crippen LogP contribution >= 0.6 is 0 Å². The summed E-state index contributed by atoms with van der Waals surface area (Å²) in [5.74, 6) is -0.228. The molecule has 140 valence electrons. The zero-order chi connectivity index (χ0) is 18.8. The lowest BCUT2D eigenvalue weighted by atomic mass is 9.53. The Labute approximate surface area is 160 Å². The predicted molar refractivity (Wildman–Crippen MR) is 102 cm³/mol.